The van der Waals surface area contributed by atoms with Crippen LogP contribution in [0.3, 0.4) is 0 Å². The minimum Gasteiger partial charge on any atom is -0.457 e. The van der Waals surface area contributed by atoms with Gasteiger partial charge in [0.25, 0.3) is 0 Å². The van der Waals surface area contributed by atoms with Gasteiger partial charge in [-0.25, -0.2) is 25.9 Å². The van der Waals surface area contributed by atoms with Gasteiger partial charge in [0.2, 0.25) is 20.0 Å². The SMILES string of the molecule is CC(F)(CNS(C)(=O)=O)c1ccc(Oc2ccc3c(c2)S(=O)(=O)NC2CCCN32)cc1. The molecule has 0 aliphatic carbocycles. The van der Waals surface area contributed by atoms with E-state index >= 15 is 0 Å². The fraction of sp³-hybridized carbons (Fsp3) is 0.400. The Morgan fingerprint density at radius 2 is 1.90 bits per heavy atom. The Morgan fingerprint density at radius 1 is 1.23 bits per heavy atom. The number of sulfonamides is 2. The van der Waals surface area contributed by atoms with Crippen LogP contribution in [-0.4, -0.2) is 42.3 Å². The minimum absolute atomic E-state index is 0.169. The summed E-state index contributed by atoms with van der Waals surface area (Å²) in [5, 5.41) is 0. The molecule has 2 aromatic rings. The number of hydrogen-bond donors (Lipinski definition) is 2. The standard InChI is InChI=1S/C20H24FN3O5S2/c1-20(21,13-22-30(2,25)26)14-5-7-15(8-6-14)29-16-9-10-17-18(12-16)31(27,28)23-19-4-3-11-24(17)19/h5-10,12,19,22-23H,3-4,11,13H2,1-2H3. The monoisotopic (exact) mass is 469 g/mol. The zero-order valence-corrected chi connectivity index (χ0v) is 18.8. The van der Waals surface area contributed by atoms with E-state index in [4.69, 9.17) is 4.74 Å². The van der Waals surface area contributed by atoms with Crippen LogP contribution < -0.4 is 19.1 Å². The minimum atomic E-state index is -3.63. The molecule has 2 aromatic carbocycles. The molecular formula is C20H24FN3O5S2. The molecule has 0 bridgehead atoms. The summed E-state index contributed by atoms with van der Waals surface area (Å²) in [7, 11) is -7.14. The largest absolute Gasteiger partial charge is 0.457 e. The molecule has 168 valence electrons. The molecule has 2 heterocycles. The van der Waals surface area contributed by atoms with Crippen molar-refractivity contribution in [3.05, 3.63) is 48.0 Å². The van der Waals surface area contributed by atoms with E-state index in [0.717, 1.165) is 25.6 Å². The van der Waals surface area contributed by atoms with Gasteiger partial charge in [0.15, 0.2) is 0 Å². The highest BCUT2D eigenvalue weighted by Crippen LogP contribution is 2.38. The molecule has 0 saturated carbocycles. The lowest BCUT2D eigenvalue weighted by atomic mass is 9.98. The average Bonchev–Trinajstić information content (AvgIpc) is 3.14. The maximum atomic E-state index is 14.8. The second kappa shape index (κ2) is 7.73. The van der Waals surface area contributed by atoms with Gasteiger partial charge in [-0.05, 0) is 49.6 Å². The lowest BCUT2D eigenvalue weighted by molar-refractivity contribution is 0.196. The smallest absolute Gasteiger partial charge is 0.244 e. The van der Waals surface area contributed by atoms with Crippen molar-refractivity contribution in [2.75, 3.05) is 24.2 Å². The van der Waals surface area contributed by atoms with E-state index in [1.54, 1.807) is 24.3 Å². The molecule has 2 unspecified atom stereocenters. The summed E-state index contributed by atoms with van der Waals surface area (Å²) in [6.07, 6.45) is 2.46. The molecule has 4 rings (SSSR count). The van der Waals surface area contributed by atoms with Crippen molar-refractivity contribution in [3.63, 3.8) is 0 Å². The zero-order valence-electron chi connectivity index (χ0n) is 17.1. The molecule has 1 fully saturated rings. The van der Waals surface area contributed by atoms with Crippen LogP contribution in [0.25, 0.3) is 0 Å². The Balaban J connectivity index is 1.53. The second-order valence-electron chi connectivity index (χ2n) is 8.02. The van der Waals surface area contributed by atoms with Gasteiger partial charge in [-0.2, -0.15) is 4.72 Å². The molecule has 0 spiro atoms. The highest BCUT2D eigenvalue weighted by Gasteiger charge is 2.37. The molecule has 1 saturated heterocycles. The van der Waals surface area contributed by atoms with Gasteiger partial charge in [-0.15, -0.1) is 0 Å². The highest BCUT2D eigenvalue weighted by atomic mass is 32.2. The maximum absolute atomic E-state index is 14.8. The lowest BCUT2D eigenvalue weighted by Crippen LogP contribution is -2.48. The van der Waals surface area contributed by atoms with Crippen LogP contribution in [0.1, 0.15) is 25.3 Å². The molecule has 31 heavy (non-hydrogen) atoms. The van der Waals surface area contributed by atoms with Crippen molar-refractivity contribution in [3.8, 4) is 11.5 Å². The summed E-state index contributed by atoms with van der Waals surface area (Å²) in [5.41, 5.74) is -0.955. The summed E-state index contributed by atoms with van der Waals surface area (Å²) in [4.78, 5) is 2.21. The second-order valence-corrected chi connectivity index (χ2v) is 11.5. The summed E-state index contributed by atoms with van der Waals surface area (Å²) in [5.74, 6) is 0.743. The normalized spacial score (nSPS) is 21.8. The van der Waals surface area contributed by atoms with E-state index in [-0.39, 0.29) is 23.2 Å². The van der Waals surface area contributed by atoms with Gasteiger partial charge in [0.05, 0.1) is 18.1 Å². The number of halogens is 1. The number of benzene rings is 2. The number of nitrogens with one attached hydrogen (secondary N) is 2. The molecule has 2 aliphatic heterocycles. The molecular weight excluding hydrogens is 445 g/mol. The summed E-state index contributed by atoms with van der Waals surface area (Å²) in [6, 6.07) is 11.0. The third-order valence-corrected chi connectivity index (χ3v) is 7.59. The van der Waals surface area contributed by atoms with E-state index in [1.165, 1.54) is 25.1 Å². The predicted octanol–water partition coefficient (Wildman–Crippen LogP) is 2.43. The number of ether oxygens (including phenoxy) is 1. The molecule has 2 aliphatic rings. The van der Waals surface area contributed by atoms with Crippen molar-refractivity contribution in [1.82, 2.24) is 9.44 Å². The van der Waals surface area contributed by atoms with E-state index in [9.17, 15) is 21.2 Å². The number of hydrogen-bond acceptors (Lipinski definition) is 6. The van der Waals surface area contributed by atoms with Crippen LogP contribution in [-0.2, 0) is 25.7 Å². The number of anilines is 1. The molecule has 2 N–H and O–H groups in total. The highest BCUT2D eigenvalue weighted by molar-refractivity contribution is 7.89. The summed E-state index contributed by atoms with van der Waals surface area (Å²) < 4.78 is 73.2. The van der Waals surface area contributed by atoms with Crippen molar-refractivity contribution in [2.45, 2.75) is 36.5 Å². The molecule has 0 amide bonds. The van der Waals surface area contributed by atoms with Gasteiger partial charge in [0, 0.05) is 19.2 Å². The quantitative estimate of drug-likeness (QED) is 0.673. The third-order valence-electron chi connectivity index (χ3n) is 5.43. The van der Waals surface area contributed by atoms with E-state index < -0.39 is 25.7 Å². The number of rotatable bonds is 6. The van der Waals surface area contributed by atoms with E-state index in [0.29, 0.717) is 17.2 Å². The topological polar surface area (TPSA) is 105 Å². The molecule has 0 aromatic heterocycles. The Hall–Kier alpha value is -2.21. The Labute approximate surface area is 181 Å². The summed E-state index contributed by atoms with van der Waals surface area (Å²) in [6.45, 7) is 1.69. The third kappa shape index (κ3) is 4.69. The van der Waals surface area contributed by atoms with Crippen molar-refractivity contribution < 1.29 is 26.0 Å². The van der Waals surface area contributed by atoms with Gasteiger partial charge in [-0.1, -0.05) is 12.1 Å². The average molecular weight is 470 g/mol. The zero-order chi connectivity index (χ0) is 22.4. The Bertz CT molecular complexity index is 1200. The summed E-state index contributed by atoms with van der Waals surface area (Å²) >= 11 is 0. The van der Waals surface area contributed by atoms with Crippen LogP contribution in [0.5, 0.6) is 11.5 Å². The fourth-order valence-electron chi connectivity index (χ4n) is 3.81. The maximum Gasteiger partial charge on any atom is 0.244 e. The first-order valence-corrected chi connectivity index (χ1v) is 13.2. The van der Waals surface area contributed by atoms with Crippen LogP contribution in [0.4, 0.5) is 10.1 Å². The van der Waals surface area contributed by atoms with Crippen molar-refractivity contribution >= 4 is 25.7 Å². The molecule has 2 atom stereocenters. The molecule has 8 nitrogen and oxygen atoms in total. The molecule has 11 heteroatoms. The van der Waals surface area contributed by atoms with Gasteiger partial charge in [-0.3, -0.25) is 0 Å². The number of nitrogens with zero attached hydrogens (tertiary/aromatic N) is 1. The van der Waals surface area contributed by atoms with Gasteiger partial charge >= 0.3 is 0 Å². The fourth-order valence-corrected chi connectivity index (χ4v) is 5.80. The first-order chi connectivity index (χ1) is 14.4. The number of fused-ring (bicyclic) bond motifs is 3. The van der Waals surface area contributed by atoms with Gasteiger partial charge < -0.3 is 9.64 Å². The van der Waals surface area contributed by atoms with Crippen LogP contribution >= 0.6 is 0 Å². The van der Waals surface area contributed by atoms with Crippen LogP contribution in [0.15, 0.2) is 47.4 Å². The Kier molecular flexibility index (Phi) is 5.49. The van der Waals surface area contributed by atoms with E-state index in [2.05, 4.69) is 9.44 Å². The molecule has 0 radical (unpaired) electrons. The van der Waals surface area contributed by atoms with Crippen LogP contribution in [0.2, 0.25) is 0 Å². The number of alkyl halides is 1. The first-order valence-electron chi connectivity index (χ1n) is 9.80. The lowest BCUT2D eigenvalue weighted by Gasteiger charge is -2.33. The van der Waals surface area contributed by atoms with Crippen LogP contribution in [0, 0.1) is 0 Å². The predicted molar refractivity (Wildman–Crippen MR) is 115 cm³/mol. The van der Waals surface area contributed by atoms with Crippen molar-refractivity contribution in [2.24, 2.45) is 0 Å². The first kappa shape index (κ1) is 22.0. The van der Waals surface area contributed by atoms with E-state index in [1.807, 2.05) is 4.90 Å². The Morgan fingerprint density at radius 3 is 2.58 bits per heavy atom. The van der Waals surface area contributed by atoms with Gasteiger partial charge in [0.1, 0.15) is 22.1 Å². The van der Waals surface area contributed by atoms with Crippen molar-refractivity contribution in [1.29, 1.82) is 0 Å².